The summed E-state index contributed by atoms with van der Waals surface area (Å²) in [6.07, 6.45) is 2.55. The highest BCUT2D eigenvalue weighted by molar-refractivity contribution is 7.89. The Labute approximate surface area is 134 Å². The lowest BCUT2D eigenvalue weighted by Crippen LogP contribution is -2.23. The van der Waals surface area contributed by atoms with Gasteiger partial charge in [-0.1, -0.05) is 17.7 Å². The van der Waals surface area contributed by atoms with Gasteiger partial charge in [0.05, 0.1) is 0 Å². The molecular weight excluding hydrogens is 347 g/mol. The summed E-state index contributed by atoms with van der Waals surface area (Å²) < 4.78 is 41.2. The minimum atomic E-state index is -3.87. The molecule has 0 aliphatic heterocycles. The summed E-state index contributed by atoms with van der Waals surface area (Å²) in [5.41, 5.74) is 0.0793. The molecule has 0 aliphatic carbocycles. The van der Waals surface area contributed by atoms with Crippen LogP contribution in [0.25, 0.3) is 5.52 Å². The van der Waals surface area contributed by atoms with Crippen LogP contribution in [0.2, 0.25) is 5.02 Å². The molecule has 0 saturated heterocycles. The second-order valence-electron chi connectivity index (χ2n) is 4.71. The Bertz CT molecular complexity index is 1040. The Hall–Kier alpha value is -2.23. The second-order valence-corrected chi connectivity index (χ2v) is 6.89. The summed E-state index contributed by atoms with van der Waals surface area (Å²) in [5, 5.41) is 5.91. The third-order valence-electron chi connectivity index (χ3n) is 3.18. The van der Waals surface area contributed by atoms with Crippen LogP contribution >= 0.6 is 11.6 Å². The van der Waals surface area contributed by atoms with Crippen molar-refractivity contribution >= 4 is 27.1 Å². The van der Waals surface area contributed by atoms with E-state index in [1.807, 2.05) is 0 Å². The maximum absolute atomic E-state index is 13.0. The first kappa shape index (κ1) is 15.7. The summed E-state index contributed by atoms with van der Waals surface area (Å²) in [4.78, 5) is 11.5. The molecule has 0 bridgehead atoms. The fraction of sp³-hybridized carbons (Fsp3) is 0.0769. The Balaban J connectivity index is 1.88. The number of nitrogens with zero attached hydrogens (tertiary/aromatic N) is 2. The van der Waals surface area contributed by atoms with Gasteiger partial charge in [-0.25, -0.2) is 22.6 Å². The van der Waals surface area contributed by atoms with Gasteiger partial charge in [0.2, 0.25) is 10.0 Å². The van der Waals surface area contributed by atoms with E-state index >= 15 is 0 Å². The average Bonchev–Trinajstić information content (AvgIpc) is 2.93. The number of aromatic amines is 1. The average molecular weight is 357 g/mol. The molecule has 0 amide bonds. The summed E-state index contributed by atoms with van der Waals surface area (Å²) in [6, 6.07) is 4.91. The number of hydrogen-bond donors (Lipinski definition) is 2. The highest BCUT2D eigenvalue weighted by Crippen LogP contribution is 2.18. The first-order valence-electron chi connectivity index (χ1n) is 6.36. The number of nitrogens with one attached hydrogen (secondary N) is 2. The van der Waals surface area contributed by atoms with E-state index in [4.69, 9.17) is 11.6 Å². The van der Waals surface area contributed by atoms with E-state index < -0.39 is 21.4 Å². The zero-order valence-electron chi connectivity index (χ0n) is 11.5. The molecule has 0 unspecified atom stereocenters. The van der Waals surface area contributed by atoms with Crippen LogP contribution in [0.5, 0.6) is 0 Å². The highest BCUT2D eigenvalue weighted by Gasteiger charge is 2.18. The van der Waals surface area contributed by atoms with E-state index in [9.17, 15) is 17.6 Å². The van der Waals surface area contributed by atoms with Gasteiger partial charge in [0.15, 0.2) is 0 Å². The second kappa shape index (κ2) is 5.76. The fourth-order valence-electron chi connectivity index (χ4n) is 2.01. The van der Waals surface area contributed by atoms with Crippen molar-refractivity contribution in [3.8, 4) is 0 Å². The number of H-pyrrole nitrogens is 1. The van der Waals surface area contributed by atoms with Crippen molar-refractivity contribution in [3.63, 3.8) is 0 Å². The van der Waals surface area contributed by atoms with Gasteiger partial charge in [-0.3, -0.25) is 9.20 Å². The van der Waals surface area contributed by atoms with E-state index in [0.29, 0.717) is 5.56 Å². The lowest BCUT2D eigenvalue weighted by Gasteiger charge is -2.06. The fourth-order valence-corrected chi connectivity index (χ4v) is 3.27. The molecule has 2 heterocycles. The number of sulfonamides is 1. The van der Waals surface area contributed by atoms with E-state index in [2.05, 4.69) is 14.9 Å². The van der Waals surface area contributed by atoms with Crippen molar-refractivity contribution in [2.45, 2.75) is 11.4 Å². The molecule has 2 N–H and O–H groups in total. The number of rotatable bonds is 4. The molecule has 0 atom stereocenters. The van der Waals surface area contributed by atoms with E-state index in [1.165, 1.54) is 35.1 Å². The zero-order chi connectivity index (χ0) is 16.6. The van der Waals surface area contributed by atoms with Crippen molar-refractivity contribution in [1.29, 1.82) is 0 Å². The maximum Gasteiger partial charge on any atom is 0.288 e. The van der Waals surface area contributed by atoms with Crippen LogP contribution in [0.1, 0.15) is 5.56 Å². The Morgan fingerprint density at radius 3 is 2.83 bits per heavy atom. The van der Waals surface area contributed by atoms with Crippen LogP contribution < -0.4 is 10.3 Å². The minimum absolute atomic E-state index is 0.0887. The topological polar surface area (TPSA) is 96.3 Å². The first-order chi connectivity index (χ1) is 10.9. The molecule has 23 heavy (non-hydrogen) atoms. The van der Waals surface area contributed by atoms with Gasteiger partial charge in [-0.05, 0) is 23.8 Å². The maximum atomic E-state index is 13.0. The van der Waals surface area contributed by atoms with Gasteiger partial charge >= 0.3 is 0 Å². The molecule has 10 heteroatoms. The predicted octanol–water partition coefficient (Wildman–Crippen LogP) is 1.29. The molecule has 120 valence electrons. The van der Waals surface area contributed by atoms with Crippen molar-refractivity contribution in [1.82, 2.24) is 19.3 Å². The molecule has 7 nitrogen and oxygen atoms in total. The predicted molar refractivity (Wildman–Crippen MR) is 81.2 cm³/mol. The zero-order valence-corrected chi connectivity index (χ0v) is 13.0. The number of aromatic nitrogens is 3. The molecule has 3 rings (SSSR count). The SMILES string of the molecule is O=c1[nH]ncn2cc(S(=O)(=O)NCc3ccc(F)cc3Cl)cc12. The minimum Gasteiger partial charge on any atom is -0.300 e. The molecule has 0 fully saturated rings. The molecule has 2 aromatic heterocycles. The van der Waals surface area contributed by atoms with Crippen LogP contribution in [0.3, 0.4) is 0 Å². The van der Waals surface area contributed by atoms with Crippen LogP contribution in [-0.4, -0.2) is 23.0 Å². The van der Waals surface area contributed by atoms with Crippen molar-refractivity contribution in [3.05, 3.63) is 63.5 Å². The van der Waals surface area contributed by atoms with Gasteiger partial charge in [0.1, 0.15) is 22.6 Å². The smallest absolute Gasteiger partial charge is 0.288 e. The Kier molecular flexibility index (Phi) is 3.92. The lowest BCUT2D eigenvalue weighted by molar-refractivity contribution is 0.581. The van der Waals surface area contributed by atoms with Gasteiger partial charge in [0, 0.05) is 17.8 Å². The van der Waals surface area contributed by atoms with Crippen LogP contribution in [0.15, 0.2) is 46.5 Å². The third kappa shape index (κ3) is 3.11. The molecule has 0 saturated carbocycles. The summed E-state index contributed by atoms with van der Waals surface area (Å²) in [6.45, 7) is -0.109. The molecule has 0 radical (unpaired) electrons. The van der Waals surface area contributed by atoms with Crippen LogP contribution in [0, 0.1) is 5.82 Å². The van der Waals surface area contributed by atoms with Crippen molar-refractivity contribution in [2.75, 3.05) is 0 Å². The van der Waals surface area contributed by atoms with E-state index in [1.54, 1.807) is 0 Å². The summed E-state index contributed by atoms with van der Waals surface area (Å²) in [7, 11) is -3.87. The first-order valence-corrected chi connectivity index (χ1v) is 8.22. The number of halogens is 2. The molecule has 0 spiro atoms. The number of fused-ring (bicyclic) bond motifs is 1. The molecular formula is C13H10ClFN4O3S. The normalized spacial score (nSPS) is 11.9. The molecule has 1 aromatic carbocycles. The van der Waals surface area contributed by atoms with Crippen molar-refractivity contribution < 1.29 is 12.8 Å². The number of benzene rings is 1. The van der Waals surface area contributed by atoms with E-state index in [-0.39, 0.29) is 22.0 Å². The lowest BCUT2D eigenvalue weighted by atomic mass is 10.2. The standard InChI is InChI=1S/C13H10ClFN4O3S/c14-11-3-9(15)2-1-8(11)5-17-23(21,22)10-4-12-13(20)18-16-7-19(12)6-10/h1-4,6-7,17H,5H2,(H,18,20). The third-order valence-corrected chi connectivity index (χ3v) is 4.90. The van der Waals surface area contributed by atoms with Crippen LogP contribution in [-0.2, 0) is 16.6 Å². The summed E-state index contributed by atoms with van der Waals surface area (Å²) >= 11 is 5.86. The quantitative estimate of drug-likeness (QED) is 0.736. The number of hydrogen-bond acceptors (Lipinski definition) is 4. The van der Waals surface area contributed by atoms with Gasteiger partial charge in [-0.15, -0.1) is 0 Å². The van der Waals surface area contributed by atoms with E-state index in [0.717, 1.165) is 6.07 Å². The molecule has 0 aliphatic rings. The Morgan fingerprint density at radius 2 is 2.13 bits per heavy atom. The van der Waals surface area contributed by atoms with Gasteiger partial charge in [-0.2, -0.15) is 5.10 Å². The highest BCUT2D eigenvalue weighted by atomic mass is 35.5. The van der Waals surface area contributed by atoms with Crippen molar-refractivity contribution in [2.24, 2.45) is 0 Å². The van der Waals surface area contributed by atoms with Gasteiger partial charge < -0.3 is 0 Å². The monoisotopic (exact) mass is 356 g/mol. The largest absolute Gasteiger partial charge is 0.300 e. The van der Waals surface area contributed by atoms with Gasteiger partial charge in [0.25, 0.3) is 5.56 Å². The molecule has 3 aromatic rings. The van der Waals surface area contributed by atoms with Crippen LogP contribution in [0.4, 0.5) is 4.39 Å². The summed E-state index contributed by atoms with van der Waals surface area (Å²) in [5.74, 6) is -0.507. The Morgan fingerprint density at radius 1 is 1.35 bits per heavy atom.